The molecule has 6 nitrogen and oxygen atoms in total. The van der Waals surface area contributed by atoms with Gasteiger partial charge in [0.1, 0.15) is 0 Å². The number of hydrogen-bond acceptors (Lipinski definition) is 6. The molecule has 1 saturated heterocycles. The molecule has 0 unspecified atom stereocenters. The highest BCUT2D eigenvalue weighted by molar-refractivity contribution is 5.75. The molecule has 0 bridgehead atoms. The second-order valence-corrected chi connectivity index (χ2v) is 6.42. The predicted molar refractivity (Wildman–Crippen MR) is 94.7 cm³/mol. The van der Waals surface area contributed by atoms with Gasteiger partial charge in [-0.3, -0.25) is 4.79 Å². The van der Waals surface area contributed by atoms with E-state index in [0.717, 1.165) is 11.1 Å². The first-order valence-corrected chi connectivity index (χ1v) is 8.40. The Hall–Kier alpha value is -2.89. The minimum absolute atomic E-state index is 0.00935. The van der Waals surface area contributed by atoms with Crippen molar-refractivity contribution in [3.05, 3.63) is 47.5 Å². The van der Waals surface area contributed by atoms with Crippen LogP contribution in [0.25, 0.3) is 0 Å². The minimum Gasteiger partial charge on any atom is -0.504 e. The molecule has 2 N–H and O–H groups in total. The molecule has 2 aromatic rings. The molecule has 138 valence electrons. The summed E-state index contributed by atoms with van der Waals surface area (Å²) in [5, 5.41) is 19.7. The second kappa shape index (κ2) is 7.56. The number of cyclic esters (lactones) is 1. The van der Waals surface area contributed by atoms with Crippen LogP contribution in [0.2, 0.25) is 0 Å². The molecule has 0 amide bonds. The molecule has 2 aromatic carbocycles. The van der Waals surface area contributed by atoms with Gasteiger partial charge in [-0.25, -0.2) is 0 Å². The first-order chi connectivity index (χ1) is 12.5. The number of phenolic OH excluding ortho intramolecular Hbond substituents is 2. The van der Waals surface area contributed by atoms with E-state index in [1.807, 2.05) is 6.07 Å². The number of esters is 1. The highest BCUT2D eigenvalue weighted by Crippen LogP contribution is 2.34. The maximum Gasteiger partial charge on any atom is 0.309 e. The Morgan fingerprint density at radius 2 is 1.65 bits per heavy atom. The van der Waals surface area contributed by atoms with Gasteiger partial charge in [0.15, 0.2) is 23.0 Å². The minimum atomic E-state index is -0.284. The Kier molecular flexibility index (Phi) is 5.21. The molecule has 0 aromatic heterocycles. The van der Waals surface area contributed by atoms with Crippen molar-refractivity contribution < 1.29 is 29.2 Å². The van der Waals surface area contributed by atoms with E-state index in [9.17, 15) is 15.0 Å². The van der Waals surface area contributed by atoms with Gasteiger partial charge in [0.2, 0.25) is 0 Å². The lowest BCUT2D eigenvalue weighted by Crippen LogP contribution is -2.20. The van der Waals surface area contributed by atoms with Gasteiger partial charge < -0.3 is 24.4 Å². The molecule has 3 rings (SSSR count). The van der Waals surface area contributed by atoms with Crippen LogP contribution in [0.15, 0.2) is 36.4 Å². The zero-order valence-corrected chi connectivity index (χ0v) is 14.8. The summed E-state index contributed by atoms with van der Waals surface area (Å²) in [7, 11) is 2.99. The van der Waals surface area contributed by atoms with Gasteiger partial charge in [-0.15, -0.1) is 0 Å². The smallest absolute Gasteiger partial charge is 0.309 e. The number of methoxy groups -OCH3 is 2. The maximum absolute atomic E-state index is 12.2. The average Bonchev–Trinajstić information content (AvgIpc) is 2.96. The number of carbonyl (C=O) groups excluding carboxylic acids is 1. The van der Waals surface area contributed by atoms with E-state index < -0.39 is 0 Å². The van der Waals surface area contributed by atoms with E-state index in [1.165, 1.54) is 14.2 Å². The third-order valence-electron chi connectivity index (χ3n) is 4.75. The van der Waals surface area contributed by atoms with E-state index in [4.69, 9.17) is 14.2 Å². The largest absolute Gasteiger partial charge is 0.504 e. The first-order valence-electron chi connectivity index (χ1n) is 8.40. The predicted octanol–water partition coefficient (Wildman–Crippen LogP) is 2.69. The lowest BCUT2D eigenvalue weighted by atomic mass is 9.85. The Balaban J connectivity index is 1.75. The third kappa shape index (κ3) is 3.69. The molecule has 26 heavy (non-hydrogen) atoms. The summed E-state index contributed by atoms with van der Waals surface area (Å²) >= 11 is 0. The van der Waals surface area contributed by atoms with Gasteiger partial charge in [-0.1, -0.05) is 12.1 Å². The number of benzene rings is 2. The topological polar surface area (TPSA) is 85.2 Å². The number of ether oxygens (including phenoxy) is 3. The van der Waals surface area contributed by atoms with Gasteiger partial charge in [0.25, 0.3) is 0 Å². The van der Waals surface area contributed by atoms with E-state index in [0.29, 0.717) is 30.9 Å². The average molecular weight is 358 g/mol. The van der Waals surface area contributed by atoms with Crippen molar-refractivity contribution in [1.29, 1.82) is 0 Å². The van der Waals surface area contributed by atoms with Crippen LogP contribution < -0.4 is 9.47 Å². The van der Waals surface area contributed by atoms with Crippen molar-refractivity contribution in [2.24, 2.45) is 11.8 Å². The first kappa shape index (κ1) is 17.9. The van der Waals surface area contributed by atoms with E-state index in [2.05, 4.69) is 0 Å². The number of carbonyl (C=O) groups is 1. The van der Waals surface area contributed by atoms with Crippen molar-refractivity contribution >= 4 is 5.97 Å². The van der Waals surface area contributed by atoms with Gasteiger partial charge in [0.05, 0.1) is 26.7 Å². The Bertz CT molecular complexity index is 801. The molecule has 0 spiro atoms. The summed E-state index contributed by atoms with van der Waals surface area (Å²) < 4.78 is 15.5. The fraction of sp³-hybridized carbons (Fsp3) is 0.350. The number of aromatic hydroxyl groups is 2. The van der Waals surface area contributed by atoms with Crippen LogP contribution in [-0.4, -0.2) is 37.0 Å². The zero-order chi connectivity index (χ0) is 18.7. The normalized spacial score (nSPS) is 19.2. The highest BCUT2D eigenvalue weighted by atomic mass is 16.5. The van der Waals surface area contributed by atoms with E-state index in [-0.39, 0.29) is 29.3 Å². The van der Waals surface area contributed by atoms with Crippen LogP contribution in [0.5, 0.6) is 23.0 Å². The summed E-state index contributed by atoms with van der Waals surface area (Å²) in [6, 6.07) is 10.3. The molecule has 0 radical (unpaired) electrons. The van der Waals surface area contributed by atoms with Crippen LogP contribution >= 0.6 is 0 Å². The van der Waals surface area contributed by atoms with Crippen LogP contribution in [0.3, 0.4) is 0 Å². The van der Waals surface area contributed by atoms with Crippen molar-refractivity contribution in [3.8, 4) is 23.0 Å². The van der Waals surface area contributed by atoms with Gasteiger partial charge in [0, 0.05) is 5.92 Å². The van der Waals surface area contributed by atoms with Crippen LogP contribution in [0.4, 0.5) is 0 Å². The summed E-state index contributed by atoms with van der Waals surface area (Å²) in [5.41, 5.74) is 1.81. The molecule has 2 atom stereocenters. The summed E-state index contributed by atoms with van der Waals surface area (Å²) in [6.07, 6.45) is 1.12. The van der Waals surface area contributed by atoms with Crippen molar-refractivity contribution in [3.63, 3.8) is 0 Å². The molecule has 1 aliphatic rings. The fourth-order valence-electron chi connectivity index (χ4n) is 3.32. The zero-order valence-electron chi connectivity index (χ0n) is 14.8. The van der Waals surface area contributed by atoms with Crippen LogP contribution in [0, 0.1) is 11.8 Å². The molecule has 1 heterocycles. The van der Waals surface area contributed by atoms with Crippen molar-refractivity contribution in [1.82, 2.24) is 0 Å². The Labute approximate surface area is 151 Å². The number of phenols is 2. The second-order valence-electron chi connectivity index (χ2n) is 6.42. The summed E-state index contributed by atoms with van der Waals surface area (Å²) in [6.45, 7) is 0.353. The lowest BCUT2D eigenvalue weighted by Gasteiger charge is -2.16. The monoisotopic (exact) mass is 358 g/mol. The number of rotatable bonds is 6. The van der Waals surface area contributed by atoms with Crippen molar-refractivity contribution in [2.75, 3.05) is 20.8 Å². The third-order valence-corrected chi connectivity index (χ3v) is 4.75. The Morgan fingerprint density at radius 1 is 0.962 bits per heavy atom. The van der Waals surface area contributed by atoms with Gasteiger partial charge in [-0.05, 0) is 48.2 Å². The lowest BCUT2D eigenvalue weighted by molar-refractivity contribution is -0.141. The molecule has 0 saturated carbocycles. The van der Waals surface area contributed by atoms with E-state index >= 15 is 0 Å². The molecule has 0 aliphatic carbocycles. The number of hydrogen-bond donors (Lipinski definition) is 2. The molecular formula is C20H22O6. The molecule has 6 heteroatoms. The molecular weight excluding hydrogens is 336 g/mol. The maximum atomic E-state index is 12.2. The van der Waals surface area contributed by atoms with Crippen molar-refractivity contribution in [2.45, 2.75) is 12.8 Å². The summed E-state index contributed by atoms with van der Waals surface area (Å²) in [5.74, 6) is 0.444. The molecule has 1 aliphatic heterocycles. The highest BCUT2D eigenvalue weighted by Gasteiger charge is 2.37. The Morgan fingerprint density at radius 3 is 2.35 bits per heavy atom. The van der Waals surface area contributed by atoms with Gasteiger partial charge >= 0.3 is 5.97 Å². The molecule has 1 fully saturated rings. The SMILES string of the molecule is COc1ccc(C[C@H]2COC(=O)[C@@H]2Cc2ccc(O)c(OC)c2)cc1O. The fourth-order valence-corrected chi connectivity index (χ4v) is 3.32. The standard InChI is InChI=1S/C20H22O6/c1-24-18-6-4-12(9-17(18)22)7-14-11-26-20(23)15(14)8-13-3-5-16(21)19(10-13)25-2/h3-6,9-10,14-15,21-22H,7-8,11H2,1-2H3/t14-,15+/m0/s1. The van der Waals surface area contributed by atoms with Gasteiger partial charge in [-0.2, -0.15) is 0 Å². The van der Waals surface area contributed by atoms with Crippen LogP contribution in [-0.2, 0) is 22.4 Å². The van der Waals surface area contributed by atoms with Crippen LogP contribution in [0.1, 0.15) is 11.1 Å². The quantitative estimate of drug-likeness (QED) is 0.773. The van der Waals surface area contributed by atoms with E-state index in [1.54, 1.807) is 30.3 Å². The summed E-state index contributed by atoms with van der Waals surface area (Å²) in [4.78, 5) is 12.2.